The molecule has 4 heteroatoms. The third-order valence-corrected chi connectivity index (χ3v) is 2.95. The third kappa shape index (κ3) is 5.03. The molecule has 0 radical (unpaired) electrons. The van der Waals surface area contributed by atoms with E-state index in [0.29, 0.717) is 13.0 Å². The molecule has 0 spiro atoms. The van der Waals surface area contributed by atoms with Gasteiger partial charge in [0.25, 0.3) is 0 Å². The van der Waals surface area contributed by atoms with Crippen LogP contribution in [0.4, 0.5) is 0 Å². The zero-order chi connectivity index (χ0) is 15.1. The fraction of sp³-hybridized carbons (Fsp3) is 0.118. The predicted octanol–water partition coefficient (Wildman–Crippen LogP) is 2.47. The first-order valence-electron chi connectivity index (χ1n) is 6.66. The summed E-state index contributed by atoms with van der Waals surface area (Å²) in [7, 11) is 0. The summed E-state index contributed by atoms with van der Waals surface area (Å²) in [6.45, 7) is 0.522. The summed E-state index contributed by atoms with van der Waals surface area (Å²) < 4.78 is 0. The molecule has 0 saturated carbocycles. The first kappa shape index (κ1) is 14.7. The average Bonchev–Trinajstić information content (AvgIpc) is 2.47. The summed E-state index contributed by atoms with van der Waals surface area (Å²) in [5, 5.41) is 21.3. The fourth-order valence-electron chi connectivity index (χ4n) is 1.85. The lowest BCUT2D eigenvalue weighted by molar-refractivity contribution is -0.116. The quantitative estimate of drug-likeness (QED) is 0.738. The number of phenols is 2. The molecule has 0 aliphatic carbocycles. The lowest BCUT2D eigenvalue weighted by atomic mass is 10.1. The number of benzene rings is 2. The van der Waals surface area contributed by atoms with Crippen LogP contribution in [0.2, 0.25) is 0 Å². The maximum Gasteiger partial charge on any atom is 0.244 e. The molecule has 21 heavy (non-hydrogen) atoms. The van der Waals surface area contributed by atoms with Gasteiger partial charge in [-0.2, -0.15) is 0 Å². The molecule has 0 fully saturated rings. The molecule has 2 aromatic rings. The summed E-state index contributed by atoms with van der Waals surface area (Å²) in [5.74, 6) is 0.221. The maximum atomic E-state index is 11.6. The van der Waals surface area contributed by atoms with Crippen LogP contribution in [0.1, 0.15) is 11.1 Å². The van der Waals surface area contributed by atoms with Crippen molar-refractivity contribution in [1.29, 1.82) is 0 Å². The van der Waals surface area contributed by atoms with Gasteiger partial charge in [-0.25, -0.2) is 0 Å². The molecule has 0 aliphatic rings. The molecule has 2 rings (SSSR count). The van der Waals surface area contributed by atoms with Gasteiger partial charge in [0.05, 0.1) is 0 Å². The molecule has 1 amide bonds. The molecule has 4 nitrogen and oxygen atoms in total. The lowest BCUT2D eigenvalue weighted by Gasteiger charge is -2.03. The molecule has 0 heterocycles. The largest absolute Gasteiger partial charge is 0.508 e. The van der Waals surface area contributed by atoms with Gasteiger partial charge in [-0.3, -0.25) is 4.79 Å². The molecule has 2 aromatic carbocycles. The molecule has 0 atom stereocenters. The van der Waals surface area contributed by atoms with E-state index >= 15 is 0 Å². The first-order chi connectivity index (χ1) is 10.1. The van der Waals surface area contributed by atoms with Crippen LogP contribution < -0.4 is 5.32 Å². The number of hydrogen-bond acceptors (Lipinski definition) is 3. The third-order valence-electron chi connectivity index (χ3n) is 2.95. The number of rotatable bonds is 5. The second kappa shape index (κ2) is 7.14. The van der Waals surface area contributed by atoms with Gasteiger partial charge in [0.2, 0.25) is 5.91 Å². The molecular weight excluding hydrogens is 266 g/mol. The Kier molecular flexibility index (Phi) is 4.99. The SMILES string of the molecule is O=C(/C=C/c1cccc(O)c1)NCCc1ccc(O)cc1. The van der Waals surface area contributed by atoms with Crippen LogP contribution in [0, 0.1) is 0 Å². The van der Waals surface area contributed by atoms with Crippen molar-refractivity contribution < 1.29 is 15.0 Å². The standard InChI is InChI=1S/C17H17NO3/c19-15-7-4-13(5-8-15)10-11-18-17(21)9-6-14-2-1-3-16(20)12-14/h1-9,12,19-20H,10-11H2,(H,18,21)/b9-6+. The Morgan fingerprint density at radius 2 is 1.81 bits per heavy atom. The minimum atomic E-state index is -0.183. The Balaban J connectivity index is 1.78. The van der Waals surface area contributed by atoms with Crippen LogP contribution in [0.25, 0.3) is 6.08 Å². The van der Waals surface area contributed by atoms with E-state index < -0.39 is 0 Å². The van der Waals surface area contributed by atoms with Gasteiger partial charge in [-0.1, -0.05) is 24.3 Å². The van der Waals surface area contributed by atoms with E-state index in [1.54, 1.807) is 42.5 Å². The van der Waals surface area contributed by atoms with E-state index in [9.17, 15) is 15.0 Å². The molecule has 0 aliphatic heterocycles. The molecule has 0 bridgehead atoms. The Morgan fingerprint density at radius 3 is 2.52 bits per heavy atom. The Bertz CT molecular complexity index is 633. The van der Waals surface area contributed by atoms with Crippen LogP contribution in [-0.4, -0.2) is 22.7 Å². The molecule has 0 saturated heterocycles. The highest BCUT2D eigenvalue weighted by atomic mass is 16.3. The Morgan fingerprint density at radius 1 is 1.05 bits per heavy atom. The number of carbonyl (C=O) groups excluding carboxylic acids is 1. The minimum Gasteiger partial charge on any atom is -0.508 e. The van der Waals surface area contributed by atoms with Crippen LogP contribution in [0.15, 0.2) is 54.6 Å². The van der Waals surface area contributed by atoms with Crippen molar-refractivity contribution in [3.05, 3.63) is 65.7 Å². The minimum absolute atomic E-state index is 0.171. The summed E-state index contributed by atoms with van der Waals surface area (Å²) in [4.78, 5) is 11.6. The highest BCUT2D eigenvalue weighted by Crippen LogP contribution is 2.12. The van der Waals surface area contributed by atoms with Gasteiger partial charge in [0.1, 0.15) is 11.5 Å². The Hall–Kier alpha value is -2.75. The van der Waals surface area contributed by atoms with Crippen molar-refractivity contribution in [2.24, 2.45) is 0 Å². The second-order valence-electron chi connectivity index (χ2n) is 4.64. The van der Waals surface area contributed by atoms with Gasteiger partial charge in [0, 0.05) is 12.6 Å². The van der Waals surface area contributed by atoms with E-state index in [2.05, 4.69) is 5.32 Å². The number of phenolic OH excluding ortho intramolecular Hbond substituents is 2. The first-order valence-corrected chi connectivity index (χ1v) is 6.66. The lowest BCUT2D eigenvalue weighted by Crippen LogP contribution is -2.23. The van der Waals surface area contributed by atoms with Gasteiger partial charge < -0.3 is 15.5 Å². The fourth-order valence-corrected chi connectivity index (χ4v) is 1.85. The molecule has 0 aromatic heterocycles. The number of carbonyl (C=O) groups is 1. The van der Waals surface area contributed by atoms with Crippen molar-refractivity contribution in [2.45, 2.75) is 6.42 Å². The Labute approximate surface area is 123 Å². The maximum absolute atomic E-state index is 11.6. The highest BCUT2D eigenvalue weighted by molar-refractivity contribution is 5.91. The van der Waals surface area contributed by atoms with E-state index in [1.807, 2.05) is 12.1 Å². The van der Waals surface area contributed by atoms with Crippen molar-refractivity contribution in [2.75, 3.05) is 6.54 Å². The van der Waals surface area contributed by atoms with Gasteiger partial charge in [-0.15, -0.1) is 0 Å². The summed E-state index contributed by atoms with van der Waals surface area (Å²) >= 11 is 0. The van der Waals surface area contributed by atoms with Crippen LogP contribution >= 0.6 is 0 Å². The number of nitrogens with one attached hydrogen (secondary N) is 1. The molecule has 0 unspecified atom stereocenters. The van der Waals surface area contributed by atoms with Crippen LogP contribution in [-0.2, 0) is 11.2 Å². The van der Waals surface area contributed by atoms with Crippen molar-refractivity contribution in [3.8, 4) is 11.5 Å². The monoisotopic (exact) mass is 283 g/mol. The highest BCUT2D eigenvalue weighted by Gasteiger charge is 1.97. The van der Waals surface area contributed by atoms with Gasteiger partial charge in [0.15, 0.2) is 0 Å². The number of aromatic hydroxyl groups is 2. The van der Waals surface area contributed by atoms with Crippen LogP contribution in [0.5, 0.6) is 11.5 Å². The van der Waals surface area contributed by atoms with Crippen molar-refractivity contribution >= 4 is 12.0 Å². The number of hydrogen-bond donors (Lipinski definition) is 3. The molecule has 108 valence electrons. The molecule has 3 N–H and O–H groups in total. The zero-order valence-electron chi connectivity index (χ0n) is 11.5. The van der Waals surface area contributed by atoms with Crippen molar-refractivity contribution in [1.82, 2.24) is 5.32 Å². The van der Waals surface area contributed by atoms with E-state index in [0.717, 1.165) is 11.1 Å². The molecular formula is C17H17NO3. The van der Waals surface area contributed by atoms with Gasteiger partial charge >= 0.3 is 0 Å². The van der Waals surface area contributed by atoms with Crippen LogP contribution in [0.3, 0.4) is 0 Å². The summed E-state index contributed by atoms with van der Waals surface area (Å²) in [6, 6.07) is 13.6. The van der Waals surface area contributed by atoms with E-state index in [4.69, 9.17) is 0 Å². The van der Waals surface area contributed by atoms with Gasteiger partial charge in [-0.05, 0) is 47.9 Å². The van der Waals surface area contributed by atoms with Crippen molar-refractivity contribution in [3.63, 3.8) is 0 Å². The smallest absolute Gasteiger partial charge is 0.244 e. The summed E-state index contributed by atoms with van der Waals surface area (Å²) in [5.41, 5.74) is 1.81. The zero-order valence-corrected chi connectivity index (χ0v) is 11.5. The topological polar surface area (TPSA) is 69.6 Å². The predicted molar refractivity (Wildman–Crippen MR) is 82.0 cm³/mol. The normalized spacial score (nSPS) is 10.7. The average molecular weight is 283 g/mol. The van der Waals surface area contributed by atoms with E-state index in [1.165, 1.54) is 6.08 Å². The summed E-state index contributed by atoms with van der Waals surface area (Å²) in [6.07, 6.45) is 3.78. The number of amides is 1. The second-order valence-corrected chi connectivity index (χ2v) is 4.64. The van der Waals surface area contributed by atoms with E-state index in [-0.39, 0.29) is 17.4 Å².